The monoisotopic (exact) mass is 194 g/mol. The van der Waals surface area contributed by atoms with Crippen molar-refractivity contribution in [1.29, 1.82) is 0 Å². The first-order valence-electron chi connectivity index (χ1n) is 3.50. The summed E-state index contributed by atoms with van der Waals surface area (Å²) in [6.45, 7) is 3.19. The van der Waals surface area contributed by atoms with Crippen molar-refractivity contribution in [3.05, 3.63) is 0 Å². The normalized spacial score (nSPS) is 16.7. The van der Waals surface area contributed by atoms with E-state index < -0.39 is 21.5 Å². The van der Waals surface area contributed by atoms with Crippen molar-refractivity contribution in [3.8, 4) is 0 Å². The first kappa shape index (κ1) is 11.4. The Kier molecular flexibility index (Phi) is 3.23. The smallest absolute Gasteiger partial charge is 0.253 e. The summed E-state index contributed by atoms with van der Waals surface area (Å²) >= 11 is 0. The Morgan fingerprint density at radius 1 is 1.58 bits per heavy atom. The number of sulfonamides is 1. The van der Waals surface area contributed by atoms with Crippen LogP contribution in [0.1, 0.15) is 20.3 Å². The molecule has 0 bridgehead atoms. The van der Waals surface area contributed by atoms with Crippen molar-refractivity contribution in [3.63, 3.8) is 0 Å². The van der Waals surface area contributed by atoms with Gasteiger partial charge >= 0.3 is 0 Å². The molecule has 6 heteroatoms. The summed E-state index contributed by atoms with van der Waals surface area (Å²) in [4.78, 5) is 11.1. The molecule has 0 radical (unpaired) electrons. The van der Waals surface area contributed by atoms with Gasteiger partial charge in [0.25, 0.3) is 5.91 Å². The van der Waals surface area contributed by atoms with Crippen LogP contribution in [0.25, 0.3) is 0 Å². The van der Waals surface area contributed by atoms with Crippen LogP contribution >= 0.6 is 0 Å². The Morgan fingerprint density at radius 2 is 2.00 bits per heavy atom. The van der Waals surface area contributed by atoms with Gasteiger partial charge < -0.3 is 5.73 Å². The van der Waals surface area contributed by atoms with Crippen LogP contribution in [-0.4, -0.2) is 26.1 Å². The fourth-order valence-corrected chi connectivity index (χ4v) is 1.02. The minimum Gasteiger partial charge on any atom is -0.318 e. The van der Waals surface area contributed by atoms with E-state index in [1.165, 1.54) is 6.92 Å². The van der Waals surface area contributed by atoms with Crippen molar-refractivity contribution in [1.82, 2.24) is 4.72 Å². The van der Waals surface area contributed by atoms with E-state index in [9.17, 15) is 13.2 Å². The van der Waals surface area contributed by atoms with Gasteiger partial charge in [0.05, 0.1) is 11.8 Å². The zero-order valence-electron chi connectivity index (χ0n) is 7.42. The van der Waals surface area contributed by atoms with Gasteiger partial charge in [0.2, 0.25) is 10.0 Å². The number of amides is 1. The van der Waals surface area contributed by atoms with Crippen LogP contribution in [0.2, 0.25) is 0 Å². The molecule has 0 saturated carbocycles. The molecule has 0 aromatic carbocycles. The summed E-state index contributed by atoms with van der Waals surface area (Å²) < 4.78 is 23.1. The number of nitrogens with one attached hydrogen (secondary N) is 1. The Morgan fingerprint density at radius 3 is 2.25 bits per heavy atom. The molecule has 0 heterocycles. The summed E-state index contributed by atoms with van der Waals surface area (Å²) in [5.74, 6) is -0.674. The van der Waals surface area contributed by atoms with Gasteiger partial charge in [0.15, 0.2) is 0 Å². The molecule has 0 aromatic rings. The summed E-state index contributed by atoms with van der Waals surface area (Å²) in [5.41, 5.74) is 4.37. The highest BCUT2D eigenvalue weighted by Gasteiger charge is 2.27. The largest absolute Gasteiger partial charge is 0.318 e. The zero-order chi connectivity index (χ0) is 9.99. The third-order valence-corrected chi connectivity index (χ3v) is 2.09. The molecule has 1 unspecified atom stereocenters. The maximum atomic E-state index is 11.1. The van der Waals surface area contributed by atoms with Gasteiger partial charge in [-0.1, -0.05) is 6.92 Å². The lowest BCUT2D eigenvalue weighted by Crippen LogP contribution is -2.52. The van der Waals surface area contributed by atoms with Gasteiger partial charge in [-0.2, -0.15) is 0 Å². The maximum absolute atomic E-state index is 11.1. The van der Waals surface area contributed by atoms with Crippen molar-refractivity contribution in [2.45, 2.75) is 25.8 Å². The van der Waals surface area contributed by atoms with Crippen LogP contribution in [0.15, 0.2) is 0 Å². The van der Waals surface area contributed by atoms with E-state index in [4.69, 9.17) is 5.73 Å². The highest BCUT2D eigenvalue weighted by molar-refractivity contribution is 7.89. The molecule has 0 saturated heterocycles. The second kappa shape index (κ2) is 3.40. The topological polar surface area (TPSA) is 89.3 Å². The number of rotatable bonds is 3. The van der Waals surface area contributed by atoms with E-state index in [0.29, 0.717) is 6.42 Å². The second-order valence-corrected chi connectivity index (χ2v) is 4.72. The zero-order valence-corrected chi connectivity index (χ0v) is 8.23. The first-order valence-corrected chi connectivity index (χ1v) is 5.39. The molecule has 12 heavy (non-hydrogen) atoms. The molecule has 1 atom stereocenters. The van der Waals surface area contributed by atoms with E-state index in [0.717, 1.165) is 6.26 Å². The Bertz CT molecular complexity index is 269. The molecule has 0 aliphatic carbocycles. The lowest BCUT2D eigenvalue weighted by molar-refractivity contribution is -0.124. The first-order chi connectivity index (χ1) is 5.19. The van der Waals surface area contributed by atoms with Gasteiger partial charge in [-0.15, -0.1) is 0 Å². The SMILES string of the molecule is CCC(C)(N)C(=O)NS(C)(=O)=O. The van der Waals surface area contributed by atoms with Crippen molar-refractivity contribution < 1.29 is 13.2 Å². The van der Waals surface area contributed by atoms with E-state index in [-0.39, 0.29) is 0 Å². The molecule has 0 fully saturated rings. The summed E-state index contributed by atoms with van der Waals surface area (Å²) in [7, 11) is -3.50. The van der Waals surface area contributed by atoms with Crippen LogP contribution < -0.4 is 10.5 Å². The molecule has 0 aliphatic rings. The number of hydrogen-bond acceptors (Lipinski definition) is 4. The molecule has 1 amide bonds. The van der Waals surface area contributed by atoms with Crippen LogP contribution in [-0.2, 0) is 14.8 Å². The molecule has 3 N–H and O–H groups in total. The van der Waals surface area contributed by atoms with E-state index in [1.807, 2.05) is 4.72 Å². The number of hydrogen-bond donors (Lipinski definition) is 2. The Balaban J connectivity index is 4.44. The average molecular weight is 194 g/mol. The van der Waals surface area contributed by atoms with Crippen LogP contribution in [0.3, 0.4) is 0 Å². The van der Waals surface area contributed by atoms with Gasteiger partial charge in [-0.25, -0.2) is 8.42 Å². The Labute approximate surface area is 72.4 Å². The van der Waals surface area contributed by atoms with Crippen molar-refractivity contribution in [2.24, 2.45) is 5.73 Å². The summed E-state index contributed by atoms with van der Waals surface area (Å²) in [6, 6.07) is 0. The minimum absolute atomic E-state index is 0.383. The molecule has 5 nitrogen and oxygen atoms in total. The molecule has 0 aromatic heterocycles. The highest BCUT2D eigenvalue weighted by Crippen LogP contribution is 2.04. The van der Waals surface area contributed by atoms with Gasteiger partial charge in [-0.05, 0) is 13.3 Å². The van der Waals surface area contributed by atoms with Gasteiger partial charge in [0, 0.05) is 0 Å². The molecular weight excluding hydrogens is 180 g/mol. The summed E-state index contributed by atoms with van der Waals surface area (Å²) in [5, 5.41) is 0. The van der Waals surface area contributed by atoms with Crippen LogP contribution in [0, 0.1) is 0 Å². The summed E-state index contributed by atoms with van der Waals surface area (Å²) in [6.07, 6.45) is 1.30. The van der Waals surface area contributed by atoms with Crippen LogP contribution in [0.5, 0.6) is 0 Å². The van der Waals surface area contributed by atoms with E-state index in [2.05, 4.69) is 0 Å². The van der Waals surface area contributed by atoms with Crippen molar-refractivity contribution in [2.75, 3.05) is 6.26 Å². The Hall–Kier alpha value is -0.620. The number of carbonyl (C=O) groups is 1. The highest BCUT2D eigenvalue weighted by atomic mass is 32.2. The number of nitrogens with two attached hydrogens (primary N) is 1. The van der Waals surface area contributed by atoms with Crippen LogP contribution in [0.4, 0.5) is 0 Å². The molecule has 0 rings (SSSR count). The average Bonchev–Trinajstić information content (AvgIpc) is 1.84. The fourth-order valence-electron chi connectivity index (χ4n) is 0.446. The number of carbonyl (C=O) groups excluding carboxylic acids is 1. The third kappa shape index (κ3) is 3.68. The third-order valence-electron chi connectivity index (χ3n) is 1.53. The fraction of sp³-hybridized carbons (Fsp3) is 0.833. The lowest BCUT2D eigenvalue weighted by atomic mass is 10.0. The predicted molar refractivity (Wildman–Crippen MR) is 45.9 cm³/mol. The minimum atomic E-state index is -3.50. The quantitative estimate of drug-likeness (QED) is 0.615. The maximum Gasteiger partial charge on any atom is 0.253 e. The molecule has 72 valence electrons. The van der Waals surface area contributed by atoms with Gasteiger partial charge in [0.1, 0.15) is 0 Å². The molecule has 0 aliphatic heterocycles. The lowest BCUT2D eigenvalue weighted by Gasteiger charge is -2.20. The van der Waals surface area contributed by atoms with Gasteiger partial charge in [-0.3, -0.25) is 9.52 Å². The predicted octanol–water partition coefficient (Wildman–Crippen LogP) is -0.810. The molecular formula is C6H14N2O3S. The van der Waals surface area contributed by atoms with E-state index in [1.54, 1.807) is 6.92 Å². The second-order valence-electron chi connectivity index (χ2n) is 2.97. The van der Waals surface area contributed by atoms with Crippen molar-refractivity contribution >= 4 is 15.9 Å². The molecule has 0 spiro atoms. The van der Waals surface area contributed by atoms with E-state index >= 15 is 0 Å². The standard InChI is InChI=1S/C6H14N2O3S/c1-4-6(2,7)5(9)8-12(3,10)11/h4,7H2,1-3H3,(H,8,9).